The molecule has 1 aliphatic heterocycles. The minimum Gasteiger partial charge on any atom is -0.299 e. The van der Waals surface area contributed by atoms with E-state index in [1.165, 1.54) is 18.2 Å². The van der Waals surface area contributed by atoms with Gasteiger partial charge in [0.15, 0.2) is 0 Å². The van der Waals surface area contributed by atoms with Crippen molar-refractivity contribution in [2.24, 2.45) is 5.92 Å². The van der Waals surface area contributed by atoms with Crippen molar-refractivity contribution in [1.29, 1.82) is 0 Å². The first-order valence-corrected chi connectivity index (χ1v) is 7.86. The quantitative estimate of drug-likeness (QED) is 0.847. The van der Waals surface area contributed by atoms with Gasteiger partial charge in [-0.1, -0.05) is 12.5 Å². The number of benzene rings is 1. The van der Waals surface area contributed by atoms with E-state index in [0.717, 1.165) is 38.6 Å². The van der Waals surface area contributed by atoms with Gasteiger partial charge in [-0.25, -0.2) is 8.78 Å². The van der Waals surface area contributed by atoms with Gasteiger partial charge in [0.2, 0.25) is 0 Å². The molecule has 2 aliphatic rings. The number of carbonyl (C=O) groups excluding carboxylic acids is 1. The summed E-state index contributed by atoms with van der Waals surface area (Å²) in [5, 5.41) is 0. The molecule has 1 aromatic carbocycles. The van der Waals surface area contributed by atoms with Crippen molar-refractivity contribution in [1.82, 2.24) is 4.90 Å². The zero-order valence-corrected chi connectivity index (χ0v) is 12.2. The predicted molar refractivity (Wildman–Crippen MR) is 76.8 cm³/mol. The molecule has 0 amide bonds. The van der Waals surface area contributed by atoms with E-state index in [9.17, 15) is 13.6 Å². The molecule has 1 aliphatic carbocycles. The fourth-order valence-corrected chi connectivity index (χ4v) is 3.81. The van der Waals surface area contributed by atoms with Gasteiger partial charge >= 0.3 is 0 Å². The van der Waals surface area contributed by atoms with Gasteiger partial charge in [0.25, 0.3) is 0 Å². The van der Waals surface area contributed by atoms with E-state index in [2.05, 4.69) is 4.90 Å². The Kier molecular flexibility index (Phi) is 4.34. The molecule has 0 aromatic heterocycles. The fourth-order valence-electron chi connectivity index (χ4n) is 3.81. The standard InChI is InChI=1S/C17H21F2NO/c18-14-6-3-7-15(19)13(14)11-20-10-4-8-16(20)12-5-1-2-9-17(12)21/h3,6-7,12,16H,1-2,4-5,8-11H2. The first-order chi connectivity index (χ1) is 10.2. The van der Waals surface area contributed by atoms with Crippen molar-refractivity contribution in [3.63, 3.8) is 0 Å². The lowest BCUT2D eigenvalue weighted by molar-refractivity contribution is -0.126. The summed E-state index contributed by atoms with van der Waals surface area (Å²) < 4.78 is 27.6. The van der Waals surface area contributed by atoms with E-state index in [4.69, 9.17) is 0 Å². The average Bonchev–Trinajstić information content (AvgIpc) is 2.92. The molecular weight excluding hydrogens is 272 g/mol. The van der Waals surface area contributed by atoms with Crippen LogP contribution < -0.4 is 0 Å². The molecule has 2 unspecified atom stereocenters. The molecule has 2 nitrogen and oxygen atoms in total. The van der Waals surface area contributed by atoms with Crippen molar-refractivity contribution < 1.29 is 13.6 Å². The number of nitrogens with zero attached hydrogens (tertiary/aromatic N) is 1. The maximum absolute atomic E-state index is 13.8. The van der Waals surface area contributed by atoms with Crippen molar-refractivity contribution in [3.8, 4) is 0 Å². The van der Waals surface area contributed by atoms with Crippen molar-refractivity contribution in [3.05, 3.63) is 35.4 Å². The van der Waals surface area contributed by atoms with Crippen LogP contribution in [0.15, 0.2) is 18.2 Å². The van der Waals surface area contributed by atoms with Crippen LogP contribution in [0.25, 0.3) is 0 Å². The van der Waals surface area contributed by atoms with Crippen molar-refractivity contribution in [2.45, 2.75) is 51.1 Å². The monoisotopic (exact) mass is 293 g/mol. The predicted octanol–water partition coefficient (Wildman–Crippen LogP) is 3.69. The molecule has 1 saturated heterocycles. The first kappa shape index (κ1) is 14.6. The number of likely N-dealkylation sites (tertiary alicyclic amines) is 1. The summed E-state index contributed by atoms with van der Waals surface area (Å²) in [5.41, 5.74) is 0.132. The second kappa shape index (κ2) is 6.22. The molecule has 3 rings (SSSR count). The van der Waals surface area contributed by atoms with E-state index < -0.39 is 11.6 Å². The molecular formula is C17H21F2NO. The van der Waals surface area contributed by atoms with E-state index >= 15 is 0 Å². The highest BCUT2D eigenvalue weighted by atomic mass is 19.1. The SMILES string of the molecule is O=C1CCCCC1C1CCCN1Cc1c(F)cccc1F. The van der Waals surface area contributed by atoms with Crippen LogP contribution in [0.4, 0.5) is 8.78 Å². The number of hydrogen-bond donors (Lipinski definition) is 0. The molecule has 2 atom stereocenters. The van der Waals surface area contributed by atoms with Crippen molar-refractivity contribution >= 4 is 5.78 Å². The Hall–Kier alpha value is -1.29. The number of halogens is 2. The van der Waals surface area contributed by atoms with E-state index in [0.29, 0.717) is 12.2 Å². The summed E-state index contributed by atoms with van der Waals surface area (Å²) in [6, 6.07) is 4.15. The summed E-state index contributed by atoms with van der Waals surface area (Å²) >= 11 is 0. The largest absolute Gasteiger partial charge is 0.299 e. The molecule has 1 heterocycles. The first-order valence-electron chi connectivity index (χ1n) is 7.86. The van der Waals surface area contributed by atoms with Gasteiger partial charge in [0, 0.05) is 30.5 Å². The Balaban J connectivity index is 1.76. The summed E-state index contributed by atoms with van der Waals surface area (Å²) in [6.07, 6.45) is 5.65. The Morgan fingerprint density at radius 2 is 1.86 bits per heavy atom. The third kappa shape index (κ3) is 3.00. The highest BCUT2D eigenvalue weighted by molar-refractivity contribution is 5.82. The molecule has 4 heteroatoms. The van der Waals surface area contributed by atoms with Gasteiger partial charge in [-0.2, -0.15) is 0 Å². The normalized spacial score (nSPS) is 27.2. The van der Waals surface area contributed by atoms with Gasteiger partial charge in [-0.15, -0.1) is 0 Å². The molecule has 1 saturated carbocycles. The lowest BCUT2D eigenvalue weighted by Crippen LogP contribution is -2.40. The number of hydrogen-bond acceptors (Lipinski definition) is 2. The molecule has 21 heavy (non-hydrogen) atoms. The summed E-state index contributed by atoms with van der Waals surface area (Å²) in [4.78, 5) is 14.2. The van der Waals surface area contributed by atoms with Crippen LogP contribution in [-0.4, -0.2) is 23.3 Å². The van der Waals surface area contributed by atoms with Crippen LogP contribution in [-0.2, 0) is 11.3 Å². The maximum Gasteiger partial charge on any atom is 0.137 e. The molecule has 2 fully saturated rings. The third-order valence-electron chi connectivity index (χ3n) is 4.90. The summed E-state index contributed by atoms with van der Waals surface area (Å²) in [5.74, 6) is -0.575. The zero-order valence-electron chi connectivity index (χ0n) is 12.2. The molecule has 0 radical (unpaired) electrons. The maximum atomic E-state index is 13.8. The van der Waals surface area contributed by atoms with Gasteiger partial charge in [-0.05, 0) is 44.4 Å². The van der Waals surface area contributed by atoms with Crippen LogP contribution in [0.2, 0.25) is 0 Å². The number of carbonyl (C=O) groups is 1. The fraction of sp³-hybridized carbons (Fsp3) is 0.588. The van der Waals surface area contributed by atoms with Gasteiger partial charge in [0.1, 0.15) is 17.4 Å². The molecule has 114 valence electrons. The van der Waals surface area contributed by atoms with Crippen LogP contribution >= 0.6 is 0 Å². The lowest BCUT2D eigenvalue weighted by Gasteiger charge is -2.33. The Morgan fingerprint density at radius 3 is 2.57 bits per heavy atom. The highest BCUT2D eigenvalue weighted by Crippen LogP contribution is 2.33. The number of rotatable bonds is 3. The Bertz CT molecular complexity index is 511. The summed E-state index contributed by atoms with van der Waals surface area (Å²) in [7, 11) is 0. The minimum atomic E-state index is -0.490. The molecule has 0 bridgehead atoms. The number of Topliss-reactive ketones (excluding diaryl/α,β-unsaturated/α-hetero) is 1. The van der Waals surface area contributed by atoms with Gasteiger partial charge in [-0.3, -0.25) is 9.69 Å². The molecule has 0 N–H and O–H groups in total. The van der Waals surface area contributed by atoms with Crippen LogP contribution in [0.1, 0.15) is 44.1 Å². The lowest BCUT2D eigenvalue weighted by atomic mass is 9.81. The second-order valence-electron chi connectivity index (χ2n) is 6.20. The van der Waals surface area contributed by atoms with Gasteiger partial charge in [0.05, 0.1) is 0 Å². The smallest absolute Gasteiger partial charge is 0.137 e. The second-order valence-corrected chi connectivity index (χ2v) is 6.20. The van der Waals surface area contributed by atoms with E-state index in [1.54, 1.807) is 0 Å². The third-order valence-corrected chi connectivity index (χ3v) is 4.90. The van der Waals surface area contributed by atoms with E-state index in [-0.39, 0.29) is 24.1 Å². The Morgan fingerprint density at radius 1 is 1.10 bits per heavy atom. The highest BCUT2D eigenvalue weighted by Gasteiger charge is 2.37. The number of ketones is 1. The van der Waals surface area contributed by atoms with E-state index in [1.807, 2.05) is 0 Å². The minimum absolute atomic E-state index is 0.0658. The van der Waals surface area contributed by atoms with Crippen molar-refractivity contribution in [2.75, 3.05) is 6.54 Å². The Labute approximate surface area is 124 Å². The molecule has 0 spiro atoms. The summed E-state index contributed by atoms with van der Waals surface area (Å²) in [6.45, 7) is 1.09. The van der Waals surface area contributed by atoms with Crippen LogP contribution in [0.3, 0.4) is 0 Å². The topological polar surface area (TPSA) is 20.3 Å². The average molecular weight is 293 g/mol. The van der Waals surface area contributed by atoms with Crippen LogP contribution in [0.5, 0.6) is 0 Å². The molecule has 1 aromatic rings. The zero-order chi connectivity index (χ0) is 14.8. The van der Waals surface area contributed by atoms with Gasteiger partial charge < -0.3 is 0 Å². The van der Waals surface area contributed by atoms with Crippen LogP contribution in [0, 0.1) is 17.6 Å².